The number of carbonyl (C=O) groups excluding carboxylic acids is 1. The van der Waals surface area contributed by atoms with Crippen molar-refractivity contribution in [1.29, 1.82) is 0 Å². The lowest BCUT2D eigenvalue weighted by Gasteiger charge is -2.08. The zero-order chi connectivity index (χ0) is 16.2. The molecule has 0 saturated heterocycles. The summed E-state index contributed by atoms with van der Waals surface area (Å²) >= 11 is 0. The number of cyclic esters (lactones) is 1. The van der Waals surface area contributed by atoms with Gasteiger partial charge >= 0.3 is 5.97 Å². The van der Waals surface area contributed by atoms with Crippen molar-refractivity contribution in [3.8, 4) is 5.75 Å². The van der Waals surface area contributed by atoms with Gasteiger partial charge in [0, 0.05) is 5.56 Å². The monoisotopic (exact) mass is 311 g/mol. The minimum Gasteiger partial charge on any atom is -0.493 e. The van der Waals surface area contributed by atoms with Crippen molar-refractivity contribution in [2.24, 2.45) is 4.99 Å². The number of esters is 1. The molecule has 23 heavy (non-hydrogen) atoms. The molecule has 1 aliphatic heterocycles. The van der Waals surface area contributed by atoms with Gasteiger partial charge in [-0.2, -0.15) is 0 Å². The fourth-order valence-corrected chi connectivity index (χ4v) is 2.19. The smallest absolute Gasteiger partial charge is 0.363 e. The van der Waals surface area contributed by atoms with E-state index in [4.69, 9.17) is 9.47 Å². The second-order valence-corrected chi connectivity index (χ2v) is 4.79. The SMILES string of the molecule is CCOc1ccccc1C1=NC(=Cc2ccccc2F)C(=O)O1. The van der Waals surface area contributed by atoms with Crippen LogP contribution >= 0.6 is 0 Å². The van der Waals surface area contributed by atoms with Gasteiger partial charge in [-0.15, -0.1) is 0 Å². The second-order valence-electron chi connectivity index (χ2n) is 4.79. The van der Waals surface area contributed by atoms with Crippen LogP contribution < -0.4 is 4.74 Å². The molecule has 1 aliphatic rings. The maximum atomic E-state index is 13.7. The van der Waals surface area contributed by atoms with Crippen molar-refractivity contribution in [2.75, 3.05) is 6.61 Å². The maximum Gasteiger partial charge on any atom is 0.363 e. The van der Waals surface area contributed by atoms with E-state index < -0.39 is 11.8 Å². The first-order chi connectivity index (χ1) is 11.2. The molecule has 0 N–H and O–H groups in total. The highest BCUT2D eigenvalue weighted by atomic mass is 19.1. The normalized spacial score (nSPS) is 15.5. The number of hydrogen-bond donors (Lipinski definition) is 0. The van der Waals surface area contributed by atoms with E-state index in [1.165, 1.54) is 12.1 Å². The highest BCUT2D eigenvalue weighted by molar-refractivity contribution is 6.13. The van der Waals surface area contributed by atoms with E-state index in [0.717, 1.165) is 0 Å². The average molecular weight is 311 g/mol. The van der Waals surface area contributed by atoms with Crippen molar-refractivity contribution < 1.29 is 18.7 Å². The Bertz CT molecular complexity index is 811. The molecule has 4 nitrogen and oxygen atoms in total. The quantitative estimate of drug-likeness (QED) is 0.640. The van der Waals surface area contributed by atoms with Gasteiger partial charge in [-0.05, 0) is 31.2 Å². The highest BCUT2D eigenvalue weighted by Gasteiger charge is 2.26. The van der Waals surface area contributed by atoms with Crippen molar-refractivity contribution in [3.63, 3.8) is 0 Å². The summed E-state index contributed by atoms with van der Waals surface area (Å²) in [7, 11) is 0. The number of benzene rings is 2. The van der Waals surface area contributed by atoms with Crippen molar-refractivity contribution in [1.82, 2.24) is 0 Å². The molecule has 0 aromatic heterocycles. The number of para-hydroxylation sites is 1. The Balaban J connectivity index is 1.98. The van der Waals surface area contributed by atoms with E-state index in [0.29, 0.717) is 17.9 Å². The molecule has 0 amide bonds. The van der Waals surface area contributed by atoms with Crippen LogP contribution in [0, 0.1) is 5.82 Å². The minimum atomic E-state index is -0.616. The molecule has 0 atom stereocenters. The first-order valence-corrected chi connectivity index (χ1v) is 7.18. The number of nitrogens with zero attached hydrogens (tertiary/aromatic N) is 1. The van der Waals surface area contributed by atoms with Crippen LogP contribution in [0.5, 0.6) is 5.75 Å². The Hall–Kier alpha value is -2.95. The predicted octanol–water partition coefficient (Wildman–Crippen LogP) is 3.57. The van der Waals surface area contributed by atoms with Crippen molar-refractivity contribution >= 4 is 17.9 Å². The molecule has 2 aromatic carbocycles. The van der Waals surface area contributed by atoms with Gasteiger partial charge in [0.2, 0.25) is 5.90 Å². The molecule has 0 unspecified atom stereocenters. The van der Waals surface area contributed by atoms with Gasteiger partial charge in [0.25, 0.3) is 0 Å². The van der Waals surface area contributed by atoms with E-state index in [2.05, 4.69) is 4.99 Å². The van der Waals surface area contributed by atoms with Crippen LogP contribution in [-0.4, -0.2) is 18.5 Å². The van der Waals surface area contributed by atoms with E-state index in [1.807, 2.05) is 13.0 Å². The summed E-state index contributed by atoms with van der Waals surface area (Å²) in [4.78, 5) is 16.2. The van der Waals surface area contributed by atoms with Gasteiger partial charge in [0.15, 0.2) is 5.70 Å². The van der Waals surface area contributed by atoms with Gasteiger partial charge < -0.3 is 9.47 Å². The summed E-state index contributed by atoms with van der Waals surface area (Å²) in [5.41, 5.74) is 0.915. The van der Waals surface area contributed by atoms with E-state index in [-0.39, 0.29) is 17.2 Å². The first kappa shape index (κ1) is 15.0. The molecule has 0 spiro atoms. The number of rotatable bonds is 4. The zero-order valence-electron chi connectivity index (χ0n) is 12.5. The van der Waals surface area contributed by atoms with E-state index in [1.54, 1.807) is 36.4 Å². The second kappa shape index (κ2) is 6.44. The van der Waals surface area contributed by atoms with Gasteiger partial charge in [0.1, 0.15) is 11.6 Å². The van der Waals surface area contributed by atoms with Crippen LogP contribution in [-0.2, 0) is 9.53 Å². The summed E-state index contributed by atoms with van der Waals surface area (Å²) in [6, 6.07) is 13.3. The topological polar surface area (TPSA) is 47.9 Å². The molecule has 0 radical (unpaired) electrons. The van der Waals surface area contributed by atoms with Crippen LogP contribution in [0.4, 0.5) is 4.39 Å². The molecule has 0 saturated carbocycles. The van der Waals surface area contributed by atoms with E-state index >= 15 is 0 Å². The van der Waals surface area contributed by atoms with E-state index in [9.17, 15) is 9.18 Å². The number of ether oxygens (including phenoxy) is 2. The van der Waals surface area contributed by atoms with Crippen LogP contribution in [0.3, 0.4) is 0 Å². The first-order valence-electron chi connectivity index (χ1n) is 7.18. The zero-order valence-corrected chi connectivity index (χ0v) is 12.5. The molecule has 5 heteroatoms. The van der Waals surface area contributed by atoms with Gasteiger partial charge in [-0.1, -0.05) is 30.3 Å². The predicted molar refractivity (Wildman–Crippen MR) is 84.6 cm³/mol. The Kier molecular flexibility index (Phi) is 4.19. The molecular formula is C18H14FNO3. The summed E-state index contributed by atoms with van der Waals surface area (Å²) in [6.07, 6.45) is 1.37. The summed E-state index contributed by atoms with van der Waals surface area (Å²) in [6.45, 7) is 2.35. The Morgan fingerprint density at radius 3 is 2.70 bits per heavy atom. The fourth-order valence-electron chi connectivity index (χ4n) is 2.19. The number of carbonyl (C=O) groups is 1. The molecule has 1 heterocycles. The third-order valence-corrected chi connectivity index (χ3v) is 3.24. The summed E-state index contributed by atoms with van der Waals surface area (Å²) in [5, 5.41) is 0. The van der Waals surface area contributed by atoms with Crippen molar-refractivity contribution in [3.05, 3.63) is 71.2 Å². The third kappa shape index (κ3) is 3.13. The fraction of sp³-hybridized carbons (Fsp3) is 0.111. The van der Waals surface area contributed by atoms with Crippen LogP contribution in [0.1, 0.15) is 18.1 Å². The maximum absolute atomic E-state index is 13.7. The van der Waals surface area contributed by atoms with Gasteiger partial charge in [-0.3, -0.25) is 0 Å². The Morgan fingerprint density at radius 2 is 1.91 bits per heavy atom. The minimum absolute atomic E-state index is 0.0522. The highest BCUT2D eigenvalue weighted by Crippen LogP contribution is 2.25. The Labute approximate surface area is 132 Å². The molecular weight excluding hydrogens is 297 g/mol. The molecule has 0 bridgehead atoms. The lowest BCUT2D eigenvalue weighted by molar-refractivity contribution is -0.129. The average Bonchev–Trinajstić information content (AvgIpc) is 2.91. The van der Waals surface area contributed by atoms with Crippen LogP contribution in [0.25, 0.3) is 6.08 Å². The lowest BCUT2D eigenvalue weighted by atomic mass is 10.2. The molecule has 2 aromatic rings. The number of hydrogen-bond acceptors (Lipinski definition) is 4. The van der Waals surface area contributed by atoms with Crippen molar-refractivity contribution in [2.45, 2.75) is 6.92 Å². The standard InChI is InChI=1S/C18H14FNO3/c1-2-22-16-10-6-4-8-13(16)17-20-15(18(21)23-17)11-12-7-3-5-9-14(12)19/h3-11H,2H2,1H3. The number of halogens is 1. The Morgan fingerprint density at radius 1 is 1.17 bits per heavy atom. The molecule has 0 fully saturated rings. The largest absolute Gasteiger partial charge is 0.493 e. The summed E-state index contributed by atoms with van der Waals surface area (Å²) in [5.74, 6) is -0.309. The molecule has 0 aliphatic carbocycles. The lowest BCUT2D eigenvalue weighted by Crippen LogP contribution is -2.07. The van der Waals surface area contributed by atoms with Gasteiger partial charge in [0.05, 0.1) is 12.2 Å². The van der Waals surface area contributed by atoms with Gasteiger partial charge in [-0.25, -0.2) is 14.2 Å². The summed E-state index contributed by atoms with van der Waals surface area (Å²) < 4.78 is 24.4. The molecule has 116 valence electrons. The third-order valence-electron chi connectivity index (χ3n) is 3.24. The number of aliphatic imine (C=N–C) groups is 1. The van der Waals surface area contributed by atoms with Crippen LogP contribution in [0.2, 0.25) is 0 Å². The van der Waals surface area contributed by atoms with Crippen LogP contribution in [0.15, 0.2) is 59.2 Å². The molecule has 3 rings (SSSR count).